The number of aliphatic hydroxyl groups excluding tert-OH is 3. The molecule has 4 atom stereocenters. The topological polar surface area (TPSA) is 130 Å². The molecule has 36 heavy (non-hydrogen) atoms. The van der Waals surface area contributed by atoms with E-state index in [9.17, 15) is 33.3 Å². The van der Waals surface area contributed by atoms with E-state index in [0.717, 1.165) is 23.9 Å². The molecule has 3 rings (SSSR count). The normalized spacial score (nSPS) is 14.8. The Kier molecular flexibility index (Phi) is 9.45. The third-order valence-corrected chi connectivity index (χ3v) is 6.16. The molecule has 0 fully saturated rings. The molecule has 13 heteroatoms. The quantitative estimate of drug-likeness (QED) is 0.170. The molecule has 1 aromatic heterocycles. The number of carbonyl (C=O) groups excluding carboxylic acids is 1. The van der Waals surface area contributed by atoms with Crippen molar-refractivity contribution >= 4 is 23.4 Å². The van der Waals surface area contributed by atoms with Gasteiger partial charge in [0.15, 0.2) is 17.5 Å². The predicted octanol–water partition coefficient (Wildman–Crippen LogP) is 2.56. The molecule has 0 saturated heterocycles. The van der Waals surface area contributed by atoms with Crippen LogP contribution in [-0.4, -0.2) is 66.6 Å². The summed E-state index contributed by atoms with van der Waals surface area (Å²) in [5.41, 5.74) is -0.401. The van der Waals surface area contributed by atoms with Gasteiger partial charge >= 0.3 is 0 Å². The van der Waals surface area contributed by atoms with Gasteiger partial charge in [0.05, 0.1) is 25.5 Å². The third kappa shape index (κ3) is 7.27. The Balaban J connectivity index is 1.77. The Morgan fingerprint density at radius 1 is 1.17 bits per heavy atom. The van der Waals surface area contributed by atoms with Crippen molar-refractivity contribution in [3.05, 3.63) is 60.0 Å². The Hall–Kier alpha value is -2.97. The highest BCUT2D eigenvalue weighted by Gasteiger charge is 2.28. The van der Waals surface area contributed by atoms with Gasteiger partial charge in [-0.2, -0.15) is 0 Å². The summed E-state index contributed by atoms with van der Waals surface area (Å²) in [6.07, 6.45) is -1.95. The molecule has 1 amide bonds. The molecule has 0 aliphatic carbocycles. The molecule has 0 spiro atoms. The highest BCUT2D eigenvalue weighted by Crippen LogP contribution is 2.30. The van der Waals surface area contributed by atoms with Crippen LogP contribution in [0.5, 0.6) is 0 Å². The lowest BCUT2D eigenvalue weighted by Gasteiger charge is -2.28. The Bertz CT molecular complexity index is 1160. The van der Waals surface area contributed by atoms with Crippen LogP contribution in [0.1, 0.15) is 13.8 Å². The highest BCUT2D eigenvalue weighted by atomic mass is 32.2. The van der Waals surface area contributed by atoms with Gasteiger partial charge in [-0.15, -0.1) is 5.10 Å². The Morgan fingerprint density at radius 3 is 2.36 bits per heavy atom. The zero-order chi connectivity index (χ0) is 26.4. The number of ether oxygens (including phenoxy) is 1. The molecular formula is C23H25F3N4O5S. The van der Waals surface area contributed by atoms with Crippen molar-refractivity contribution in [3.63, 3.8) is 0 Å². The summed E-state index contributed by atoms with van der Waals surface area (Å²) in [6, 6.07) is 8.28. The van der Waals surface area contributed by atoms with Gasteiger partial charge in [0.1, 0.15) is 23.3 Å². The fourth-order valence-corrected chi connectivity index (χ4v) is 4.14. The lowest BCUT2D eigenvalue weighted by atomic mass is 10.1. The second-order valence-electron chi connectivity index (χ2n) is 7.94. The van der Waals surface area contributed by atoms with Crippen molar-refractivity contribution < 1.29 is 38.0 Å². The van der Waals surface area contributed by atoms with E-state index in [1.165, 1.54) is 24.7 Å². The van der Waals surface area contributed by atoms with E-state index < -0.39 is 47.8 Å². The number of carbonyl (C=O) groups is 1. The minimum atomic E-state index is -1.60. The van der Waals surface area contributed by atoms with Gasteiger partial charge in [-0.05, 0) is 43.3 Å². The van der Waals surface area contributed by atoms with Gasteiger partial charge in [-0.25, -0.2) is 17.9 Å². The van der Waals surface area contributed by atoms with E-state index in [4.69, 9.17) is 4.74 Å². The maximum Gasteiger partial charge on any atom is 0.221 e. The summed E-state index contributed by atoms with van der Waals surface area (Å²) in [6.45, 7) is 2.14. The summed E-state index contributed by atoms with van der Waals surface area (Å²) in [4.78, 5) is 11.9. The molecule has 2 unspecified atom stereocenters. The zero-order valence-corrected chi connectivity index (χ0v) is 20.1. The first-order valence-corrected chi connectivity index (χ1v) is 11.7. The van der Waals surface area contributed by atoms with Crippen LogP contribution in [0.2, 0.25) is 0 Å². The molecule has 9 nitrogen and oxygen atoms in total. The minimum absolute atomic E-state index is 0.0389. The summed E-state index contributed by atoms with van der Waals surface area (Å²) in [5, 5.41) is 40.7. The molecular weight excluding hydrogens is 501 g/mol. The second-order valence-corrected chi connectivity index (χ2v) is 9.11. The van der Waals surface area contributed by atoms with Gasteiger partial charge in [-0.3, -0.25) is 4.79 Å². The largest absolute Gasteiger partial charge is 0.394 e. The first kappa shape index (κ1) is 27.6. The number of benzene rings is 2. The molecule has 4 N–H and O–H groups in total. The number of aliphatic hydroxyl groups is 3. The summed E-state index contributed by atoms with van der Waals surface area (Å²) in [5.74, 6) is -4.57. The number of hydrogen-bond donors (Lipinski definition) is 4. The van der Waals surface area contributed by atoms with Gasteiger partial charge < -0.3 is 25.4 Å². The molecule has 0 saturated carbocycles. The number of thioether (sulfide) groups is 1. The number of halogens is 3. The van der Waals surface area contributed by atoms with E-state index in [1.807, 2.05) is 0 Å². The average molecular weight is 527 g/mol. The van der Waals surface area contributed by atoms with E-state index in [0.29, 0.717) is 10.6 Å². The Labute approximate surface area is 208 Å². The number of amides is 1. The van der Waals surface area contributed by atoms with E-state index in [-0.39, 0.29) is 23.7 Å². The van der Waals surface area contributed by atoms with Crippen LogP contribution in [0.15, 0.2) is 47.5 Å². The summed E-state index contributed by atoms with van der Waals surface area (Å²) < 4.78 is 47.4. The van der Waals surface area contributed by atoms with Gasteiger partial charge in [0, 0.05) is 23.1 Å². The van der Waals surface area contributed by atoms with Crippen molar-refractivity contribution in [3.8, 4) is 11.3 Å². The van der Waals surface area contributed by atoms with Crippen LogP contribution < -0.4 is 5.32 Å². The minimum Gasteiger partial charge on any atom is -0.394 e. The van der Waals surface area contributed by atoms with Crippen LogP contribution in [-0.2, 0) is 16.1 Å². The lowest BCUT2D eigenvalue weighted by Crippen LogP contribution is -2.39. The monoisotopic (exact) mass is 526 g/mol. The standard InChI is InChI=1S/C23H25F3N4O5S/c1-12(32)21(11-31)35-23(36-16-5-3-15(4-6-16)27-13(2)33)20(34)10-30-9-19(28-29-30)14-7-17(24)22(26)18(25)8-14/h3-9,12,20-21,23,31-32,34H,10-11H2,1-2H3,(H,27,33)/t12-,20+,21?,23?/m1/s1. The molecule has 0 aliphatic heterocycles. The first-order valence-electron chi connectivity index (χ1n) is 10.8. The van der Waals surface area contributed by atoms with Crippen molar-refractivity contribution in [2.45, 2.75) is 49.0 Å². The van der Waals surface area contributed by atoms with Gasteiger partial charge in [0.25, 0.3) is 0 Å². The Morgan fingerprint density at radius 2 is 1.81 bits per heavy atom. The van der Waals surface area contributed by atoms with Crippen molar-refractivity contribution in [2.24, 2.45) is 0 Å². The van der Waals surface area contributed by atoms with Crippen molar-refractivity contribution in [2.75, 3.05) is 11.9 Å². The van der Waals surface area contributed by atoms with Crippen molar-refractivity contribution in [1.82, 2.24) is 15.0 Å². The van der Waals surface area contributed by atoms with Crippen LogP contribution in [0.3, 0.4) is 0 Å². The molecule has 0 bridgehead atoms. The molecule has 194 valence electrons. The number of anilines is 1. The van der Waals surface area contributed by atoms with Crippen LogP contribution >= 0.6 is 11.8 Å². The van der Waals surface area contributed by atoms with E-state index >= 15 is 0 Å². The average Bonchev–Trinajstić information content (AvgIpc) is 3.28. The maximum atomic E-state index is 13.6. The SMILES string of the molecule is CC(=O)Nc1ccc(SC(OC(CO)[C@@H](C)O)[C@@H](O)Cn2cc(-c3cc(F)c(F)c(F)c3)nn2)cc1. The zero-order valence-electron chi connectivity index (χ0n) is 19.3. The fourth-order valence-electron chi connectivity index (χ4n) is 3.13. The smallest absolute Gasteiger partial charge is 0.221 e. The van der Waals surface area contributed by atoms with Gasteiger partial charge in [-0.1, -0.05) is 17.0 Å². The lowest BCUT2D eigenvalue weighted by molar-refractivity contribution is -0.114. The number of hydrogen-bond acceptors (Lipinski definition) is 8. The van der Waals surface area contributed by atoms with E-state index in [1.54, 1.807) is 24.3 Å². The van der Waals surface area contributed by atoms with Crippen LogP contribution in [0.4, 0.5) is 18.9 Å². The van der Waals surface area contributed by atoms with Gasteiger partial charge in [0.2, 0.25) is 5.91 Å². The molecule has 3 aromatic rings. The molecule has 0 aliphatic rings. The molecule has 1 heterocycles. The molecule has 0 radical (unpaired) electrons. The highest BCUT2D eigenvalue weighted by molar-refractivity contribution is 7.99. The number of nitrogens with zero attached hydrogens (tertiary/aromatic N) is 3. The number of nitrogens with one attached hydrogen (secondary N) is 1. The first-order chi connectivity index (χ1) is 17.1. The predicted molar refractivity (Wildman–Crippen MR) is 125 cm³/mol. The fraction of sp³-hybridized carbons (Fsp3) is 0.348. The maximum absolute atomic E-state index is 13.6. The van der Waals surface area contributed by atoms with Crippen LogP contribution in [0, 0.1) is 17.5 Å². The number of rotatable bonds is 11. The molecule has 2 aromatic carbocycles. The summed E-state index contributed by atoms with van der Waals surface area (Å²) >= 11 is 1.10. The van der Waals surface area contributed by atoms with E-state index in [2.05, 4.69) is 15.6 Å². The summed E-state index contributed by atoms with van der Waals surface area (Å²) in [7, 11) is 0. The second kappa shape index (κ2) is 12.3. The third-order valence-electron chi connectivity index (χ3n) is 4.96. The number of aromatic nitrogens is 3. The van der Waals surface area contributed by atoms with Crippen molar-refractivity contribution in [1.29, 1.82) is 0 Å². The van der Waals surface area contributed by atoms with Crippen LogP contribution in [0.25, 0.3) is 11.3 Å².